The van der Waals surface area contributed by atoms with E-state index in [2.05, 4.69) is 9.97 Å². The number of rotatable bonds is 3. The molecule has 2 rings (SSSR count). The fourth-order valence-corrected chi connectivity index (χ4v) is 2.19. The van der Waals surface area contributed by atoms with E-state index in [9.17, 15) is 4.79 Å². The first-order chi connectivity index (χ1) is 8.15. The average molecular weight is 237 g/mol. The van der Waals surface area contributed by atoms with Crippen LogP contribution in [0, 0.1) is 12.8 Å². The summed E-state index contributed by atoms with van der Waals surface area (Å²) in [5.74, 6) is 1.92. The van der Waals surface area contributed by atoms with Crippen molar-refractivity contribution in [2.24, 2.45) is 5.92 Å². The Morgan fingerprint density at radius 1 is 1.65 bits per heavy atom. The third-order valence-corrected chi connectivity index (χ3v) is 3.02. The molecule has 2 heterocycles. The Labute approximate surface area is 101 Å². The maximum absolute atomic E-state index is 11.4. The number of aromatic amines is 1. The first kappa shape index (κ1) is 12.1. The van der Waals surface area contributed by atoms with Crippen molar-refractivity contribution in [2.45, 2.75) is 19.8 Å². The first-order valence-electron chi connectivity index (χ1n) is 6.02. The Bertz CT molecular complexity index is 424. The zero-order valence-electron chi connectivity index (χ0n) is 10.4. The minimum Gasteiger partial charge on any atom is -0.381 e. The van der Waals surface area contributed by atoms with Crippen molar-refractivity contribution >= 4 is 5.82 Å². The Balaban J connectivity index is 2.03. The zero-order valence-corrected chi connectivity index (χ0v) is 10.4. The lowest BCUT2D eigenvalue weighted by Gasteiger charge is -2.27. The summed E-state index contributed by atoms with van der Waals surface area (Å²) in [4.78, 5) is 20.4. The van der Waals surface area contributed by atoms with E-state index < -0.39 is 0 Å². The number of nitrogens with zero attached hydrogens (tertiary/aromatic N) is 2. The number of hydrogen-bond acceptors (Lipinski definition) is 4. The summed E-state index contributed by atoms with van der Waals surface area (Å²) in [6.07, 6.45) is 2.31. The highest BCUT2D eigenvalue weighted by Gasteiger charge is 2.16. The van der Waals surface area contributed by atoms with Crippen LogP contribution in [0.5, 0.6) is 0 Å². The Hall–Kier alpha value is -1.36. The van der Waals surface area contributed by atoms with E-state index in [-0.39, 0.29) is 5.56 Å². The van der Waals surface area contributed by atoms with Crippen molar-refractivity contribution in [1.29, 1.82) is 0 Å². The van der Waals surface area contributed by atoms with Crippen LogP contribution >= 0.6 is 0 Å². The van der Waals surface area contributed by atoms with Gasteiger partial charge >= 0.3 is 0 Å². The van der Waals surface area contributed by atoms with E-state index in [4.69, 9.17) is 4.74 Å². The van der Waals surface area contributed by atoms with E-state index in [1.165, 1.54) is 12.5 Å². The van der Waals surface area contributed by atoms with Gasteiger partial charge in [0.15, 0.2) is 0 Å². The molecule has 5 nitrogen and oxygen atoms in total. The van der Waals surface area contributed by atoms with E-state index in [0.717, 1.165) is 32.0 Å². The summed E-state index contributed by atoms with van der Waals surface area (Å²) in [7, 11) is 1.97. The molecule has 1 saturated heterocycles. The van der Waals surface area contributed by atoms with Crippen molar-refractivity contribution in [2.75, 3.05) is 31.7 Å². The summed E-state index contributed by atoms with van der Waals surface area (Å²) in [5, 5.41) is 0. The molecular formula is C12H19N3O2. The molecule has 17 heavy (non-hydrogen) atoms. The molecule has 94 valence electrons. The molecule has 1 aromatic rings. The highest BCUT2D eigenvalue weighted by molar-refractivity contribution is 5.36. The molecule has 1 aliphatic heterocycles. The number of aromatic nitrogens is 2. The highest BCUT2D eigenvalue weighted by Crippen LogP contribution is 2.16. The van der Waals surface area contributed by atoms with Crippen LogP contribution < -0.4 is 10.5 Å². The number of anilines is 1. The van der Waals surface area contributed by atoms with Gasteiger partial charge in [0.05, 0.1) is 6.61 Å². The maximum atomic E-state index is 11.4. The molecule has 0 spiro atoms. The maximum Gasteiger partial charge on any atom is 0.252 e. The van der Waals surface area contributed by atoms with Gasteiger partial charge in [-0.25, -0.2) is 4.98 Å². The van der Waals surface area contributed by atoms with E-state index in [1.54, 1.807) is 6.92 Å². The molecule has 0 aliphatic carbocycles. The summed E-state index contributed by atoms with van der Waals surface area (Å²) in [5.41, 5.74) is -0.0979. The van der Waals surface area contributed by atoms with Crippen molar-refractivity contribution in [3.8, 4) is 0 Å². The summed E-state index contributed by atoms with van der Waals surface area (Å²) in [6.45, 7) is 4.37. The first-order valence-corrected chi connectivity index (χ1v) is 6.02. The number of hydrogen-bond donors (Lipinski definition) is 1. The number of nitrogens with one attached hydrogen (secondary N) is 1. The van der Waals surface area contributed by atoms with Gasteiger partial charge in [-0.15, -0.1) is 0 Å². The average Bonchev–Trinajstić information content (AvgIpc) is 2.29. The second kappa shape index (κ2) is 5.31. The molecule has 0 bridgehead atoms. The van der Waals surface area contributed by atoms with Crippen LogP contribution in [0.1, 0.15) is 18.7 Å². The predicted octanol–water partition coefficient (Wildman–Crippen LogP) is 0.941. The van der Waals surface area contributed by atoms with Crippen LogP contribution in [0.3, 0.4) is 0 Å². The summed E-state index contributed by atoms with van der Waals surface area (Å²) in [6, 6.07) is 1.54. The number of H-pyrrole nitrogens is 1. The summed E-state index contributed by atoms with van der Waals surface area (Å²) >= 11 is 0. The minimum atomic E-state index is -0.0979. The molecular weight excluding hydrogens is 218 g/mol. The molecule has 5 heteroatoms. The molecule has 1 aromatic heterocycles. The van der Waals surface area contributed by atoms with Gasteiger partial charge in [-0.3, -0.25) is 4.79 Å². The fraction of sp³-hybridized carbons (Fsp3) is 0.667. The lowest BCUT2D eigenvalue weighted by atomic mass is 10.0. The van der Waals surface area contributed by atoms with Gasteiger partial charge < -0.3 is 14.6 Å². The van der Waals surface area contributed by atoms with Crippen molar-refractivity contribution in [3.05, 3.63) is 22.2 Å². The minimum absolute atomic E-state index is 0.0979. The number of aryl methyl sites for hydroxylation is 1. The molecule has 0 amide bonds. The molecule has 1 N–H and O–H groups in total. The van der Waals surface area contributed by atoms with Gasteiger partial charge in [-0.05, 0) is 25.7 Å². The third kappa shape index (κ3) is 3.30. The zero-order chi connectivity index (χ0) is 12.3. The normalized spacial score (nSPS) is 20.2. The van der Waals surface area contributed by atoms with Gasteiger partial charge in [0.1, 0.15) is 11.6 Å². The van der Waals surface area contributed by atoms with Crippen LogP contribution in [-0.2, 0) is 4.74 Å². The Morgan fingerprint density at radius 2 is 2.47 bits per heavy atom. The van der Waals surface area contributed by atoms with Gasteiger partial charge in [0, 0.05) is 26.3 Å². The van der Waals surface area contributed by atoms with E-state index in [0.29, 0.717) is 11.7 Å². The van der Waals surface area contributed by atoms with Crippen LogP contribution in [0.4, 0.5) is 5.82 Å². The molecule has 1 aliphatic rings. The quantitative estimate of drug-likeness (QED) is 0.850. The smallest absolute Gasteiger partial charge is 0.252 e. The van der Waals surface area contributed by atoms with E-state index >= 15 is 0 Å². The topological polar surface area (TPSA) is 58.2 Å². The molecule has 0 radical (unpaired) electrons. The third-order valence-electron chi connectivity index (χ3n) is 3.02. The van der Waals surface area contributed by atoms with Crippen LogP contribution in [0.2, 0.25) is 0 Å². The van der Waals surface area contributed by atoms with Crippen LogP contribution in [0.25, 0.3) is 0 Å². The standard InChI is InChI=1S/C12H19N3O2/c1-9-13-11(6-12(16)14-9)15(2)7-10-4-3-5-17-8-10/h6,10H,3-5,7-8H2,1-2H3,(H,13,14,16). The molecule has 1 fully saturated rings. The molecule has 1 atom stereocenters. The molecule has 0 saturated carbocycles. The number of ether oxygens (including phenoxy) is 1. The van der Waals surface area contributed by atoms with Gasteiger partial charge in [0.25, 0.3) is 5.56 Å². The van der Waals surface area contributed by atoms with Gasteiger partial charge in [-0.2, -0.15) is 0 Å². The largest absolute Gasteiger partial charge is 0.381 e. The highest BCUT2D eigenvalue weighted by atomic mass is 16.5. The Morgan fingerprint density at radius 3 is 3.12 bits per heavy atom. The summed E-state index contributed by atoms with van der Waals surface area (Å²) < 4.78 is 5.45. The van der Waals surface area contributed by atoms with Crippen molar-refractivity contribution in [1.82, 2.24) is 9.97 Å². The van der Waals surface area contributed by atoms with Crippen molar-refractivity contribution < 1.29 is 4.74 Å². The monoisotopic (exact) mass is 237 g/mol. The SMILES string of the molecule is Cc1nc(N(C)CC2CCCOC2)cc(=O)[nH]1. The second-order valence-corrected chi connectivity index (χ2v) is 4.65. The van der Waals surface area contributed by atoms with Crippen molar-refractivity contribution in [3.63, 3.8) is 0 Å². The lowest BCUT2D eigenvalue weighted by molar-refractivity contribution is 0.0576. The lowest BCUT2D eigenvalue weighted by Crippen LogP contribution is -2.32. The van der Waals surface area contributed by atoms with Gasteiger partial charge in [-0.1, -0.05) is 0 Å². The van der Waals surface area contributed by atoms with Gasteiger partial charge in [0.2, 0.25) is 0 Å². The van der Waals surface area contributed by atoms with Crippen LogP contribution in [-0.4, -0.2) is 36.8 Å². The predicted molar refractivity (Wildman–Crippen MR) is 66.4 cm³/mol. The second-order valence-electron chi connectivity index (χ2n) is 4.65. The fourth-order valence-electron chi connectivity index (χ4n) is 2.19. The molecule has 1 unspecified atom stereocenters. The van der Waals surface area contributed by atoms with E-state index in [1.807, 2.05) is 11.9 Å². The van der Waals surface area contributed by atoms with Crippen LogP contribution in [0.15, 0.2) is 10.9 Å². The molecule has 0 aromatic carbocycles. The Kier molecular flexibility index (Phi) is 3.78.